The molecule has 0 spiro atoms. The van der Waals surface area contributed by atoms with Gasteiger partial charge in [-0.3, -0.25) is 0 Å². The number of benzene rings is 1. The van der Waals surface area contributed by atoms with E-state index in [0.29, 0.717) is 0 Å². The summed E-state index contributed by atoms with van der Waals surface area (Å²) in [7, 11) is 4.03. The van der Waals surface area contributed by atoms with Crippen LogP contribution in [-0.4, -0.2) is 16.6 Å². The van der Waals surface area contributed by atoms with E-state index >= 15 is 0 Å². The van der Waals surface area contributed by atoms with Gasteiger partial charge >= 0.3 is 0 Å². The zero-order valence-corrected chi connectivity index (χ0v) is 13.1. The minimum Gasteiger partial charge on any atom is -0.337 e. The van der Waals surface area contributed by atoms with Gasteiger partial charge in [0.2, 0.25) is 0 Å². The highest BCUT2D eigenvalue weighted by Gasteiger charge is 2.16. The molecule has 2 aromatic rings. The van der Waals surface area contributed by atoms with Crippen molar-refractivity contribution in [2.75, 3.05) is 7.05 Å². The maximum Gasteiger partial charge on any atom is 0.125 e. The minimum atomic E-state index is 0.209. The fourth-order valence-corrected chi connectivity index (χ4v) is 2.41. The van der Waals surface area contributed by atoms with Gasteiger partial charge in [-0.2, -0.15) is 0 Å². The van der Waals surface area contributed by atoms with Gasteiger partial charge in [-0.05, 0) is 30.0 Å². The number of hydrogen-bond acceptors (Lipinski definition) is 2. The van der Waals surface area contributed by atoms with Crippen molar-refractivity contribution in [2.45, 2.75) is 38.6 Å². The van der Waals surface area contributed by atoms with Crippen molar-refractivity contribution >= 4 is 0 Å². The first-order valence-corrected chi connectivity index (χ1v) is 7.15. The van der Waals surface area contributed by atoms with Gasteiger partial charge < -0.3 is 9.88 Å². The fourth-order valence-electron chi connectivity index (χ4n) is 2.41. The lowest BCUT2D eigenvalue weighted by atomic mass is 9.86. The average Bonchev–Trinajstić information content (AvgIpc) is 2.82. The van der Waals surface area contributed by atoms with Crippen LogP contribution in [0.3, 0.4) is 0 Å². The number of hydrogen-bond donors (Lipinski definition) is 1. The average molecular weight is 271 g/mol. The van der Waals surface area contributed by atoms with Gasteiger partial charge in [0.05, 0.1) is 6.04 Å². The lowest BCUT2D eigenvalue weighted by Crippen LogP contribution is -2.22. The van der Waals surface area contributed by atoms with E-state index in [1.54, 1.807) is 0 Å². The number of imidazole rings is 1. The van der Waals surface area contributed by atoms with E-state index in [0.717, 1.165) is 12.2 Å². The predicted octanol–water partition coefficient (Wildman–Crippen LogP) is 3.22. The largest absolute Gasteiger partial charge is 0.337 e. The summed E-state index contributed by atoms with van der Waals surface area (Å²) in [5, 5.41) is 3.36. The first-order valence-electron chi connectivity index (χ1n) is 7.15. The molecule has 1 unspecified atom stereocenters. The molecule has 0 amide bonds. The molecule has 0 aliphatic carbocycles. The standard InChI is InChI=1S/C17H25N3/c1-17(2,3)14-8-6-13(7-9-14)12-15(18-4)16-19-10-11-20(16)5/h6-11,15,18H,12H2,1-5H3. The minimum absolute atomic E-state index is 0.209. The predicted molar refractivity (Wildman–Crippen MR) is 83.9 cm³/mol. The van der Waals surface area contributed by atoms with Crippen LogP contribution in [-0.2, 0) is 18.9 Å². The summed E-state index contributed by atoms with van der Waals surface area (Å²) in [5.74, 6) is 1.08. The monoisotopic (exact) mass is 271 g/mol. The van der Waals surface area contributed by atoms with Crippen molar-refractivity contribution in [1.29, 1.82) is 0 Å². The van der Waals surface area contributed by atoms with Crippen LogP contribution in [0.4, 0.5) is 0 Å². The number of likely N-dealkylation sites (N-methyl/N-ethyl adjacent to an activating group) is 1. The molecule has 1 atom stereocenters. The summed E-state index contributed by atoms with van der Waals surface area (Å²) in [6.07, 6.45) is 4.79. The highest BCUT2D eigenvalue weighted by Crippen LogP contribution is 2.23. The van der Waals surface area contributed by atoms with Gasteiger partial charge in [0, 0.05) is 19.4 Å². The van der Waals surface area contributed by atoms with Gasteiger partial charge in [-0.1, -0.05) is 45.0 Å². The van der Waals surface area contributed by atoms with E-state index in [4.69, 9.17) is 0 Å². The zero-order valence-electron chi connectivity index (χ0n) is 13.1. The number of aryl methyl sites for hydroxylation is 1. The Morgan fingerprint density at radius 3 is 2.30 bits per heavy atom. The second-order valence-electron chi connectivity index (χ2n) is 6.39. The van der Waals surface area contributed by atoms with E-state index in [2.05, 4.69) is 59.9 Å². The van der Waals surface area contributed by atoms with Crippen LogP contribution in [0, 0.1) is 0 Å². The SMILES string of the molecule is CNC(Cc1ccc(C(C)(C)C)cc1)c1nccn1C. The molecule has 0 aliphatic rings. The quantitative estimate of drug-likeness (QED) is 0.925. The Kier molecular flexibility index (Phi) is 4.29. The molecule has 0 bridgehead atoms. The van der Waals surface area contributed by atoms with Crippen LogP contribution in [0.25, 0.3) is 0 Å². The molecule has 1 heterocycles. The molecule has 2 rings (SSSR count). The molecular weight excluding hydrogens is 246 g/mol. The van der Waals surface area contributed by atoms with Crippen molar-refractivity contribution in [1.82, 2.24) is 14.9 Å². The summed E-state index contributed by atoms with van der Waals surface area (Å²) in [6, 6.07) is 9.18. The maximum atomic E-state index is 4.44. The third-order valence-electron chi connectivity index (χ3n) is 3.78. The first-order chi connectivity index (χ1) is 9.41. The molecule has 0 saturated carbocycles. The van der Waals surface area contributed by atoms with E-state index in [9.17, 15) is 0 Å². The lowest BCUT2D eigenvalue weighted by molar-refractivity contribution is 0.537. The van der Waals surface area contributed by atoms with Crippen LogP contribution in [0.15, 0.2) is 36.7 Å². The molecular formula is C17H25N3. The van der Waals surface area contributed by atoms with Crippen molar-refractivity contribution in [3.8, 4) is 0 Å². The summed E-state index contributed by atoms with van der Waals surface area (Å²) >= 11 is 0. The Morgan fingerprint density at radius 1 is 1.20 bits per heavy atom. The van der Waals surface area contributed by atoms with Crippen molar-refractivity contribution in [2.24, 2.45) is 7.05 Å². The summed E-state index contributed by atoms with van der Waals surface area (Å²) in [4.78, 5) is 4.44. The van der Waals surface area contributed by atoms with Crippen molar-refractivity contribution in [3.05, 3.63) is 53.6 Å². The smallest absolute Gasteiger partial charge is 0.125 e. The van der Waals surface area contributed by atoms with Crippen LogP contribution in [0.5, 0.6) is 0 Å². The molecule has 3 nitrogen and oxygen atoms in total. The van der Waals surface area contributed by atoms with Gasteiger partial charge in [0.15, 0.2) is 0 Å². The van der Waals surface area contributed by atoms with E-state index in [1.807, 2.05) is 26.5 Å². The summed E-state index contributed by atoms with van der Waals surface area (Å²) in [6.45, 7) is 6.73. The van der Waals surface area contributed by atoms with Crippen LogP contribution < -0.4 is 5.32 Å². The Morgan fingerprint density at radius 2 is 1.85 bits per heavy atom. The Bertz CT molecular complexity index is 546. The third kappa shape index (κ3) is 3.28. The summed E-state index contributed by atoms with van der Waals surface area (Å²) in [5.41, 5.74) is 2.92. The number of aromatic nitrogens is 2. The molecule has 20 heavy (non-hydrogen) atoms. The normalized spacial score (nSPS) is 13.4. The molecule has 0 saturated heterocycles. The second kappa shape index (κ2) is 5.80. The van der Waals surface area contributed by atoms with Crippen LogP contribution >= 0.6 is 0 Å². The Labute approximate surface area is 122 Å². The van der Waals surface area contributed by atoms with E-state index in [-0.39, 0.29) is 11.5 Å². The van der Waals surface area contributed by atoms with Gasteiger partial charge in [-0.15, -0.1) is 0 Å². The molecule has 0 aliphatic heterocycles. The molecule has 1 aromatic carbocycles. The molecule has 0 fully saturated rings. The highest BCUT2D eigenvalue weighted by molar-refractivity contribution is 5.28. The molecule has 108 valence electrons. The number of rotatable bonds is 4. The number of nitrogens with zero attached hydrogens (tertiary/aromatic N) is 2. The highest BCUT2D eigenvalue weighted by atomic mass is 15.1. The van der Waals surface area contributed by atoms with Gasteiger partial charge in [0.25, 0.3) is 0 Å². The number of nitrogens with one attached hydrogen (secondary N) is 1. The first kappa shape index (κ1) is 14.8. The van der Waals surface area contributed by atoms with Crippen molar-refractivity contribution in [3.63, 3.8) is 0 Å². The zero-order chi connectivity index (χ0) is 14.8. The molecule has 1 N–H and O–H groups in total. The molecule has 3 heteroatoms. The Hall–Kier alpha value is -1.61. The van der Waals surface area contributed by atoms with E-state index in [1.165, 1.54) is 11.1 Å². The van der Waals surface area contributed by atoms with Crippen molar-refractivity contribution < 1.29 is 0 Å². The summed E-state index contributed by atoms with van der Waals surface area (Å²) < 4.78 is 2.07. The fraction of sp³-hybridized carbons (Fsp3) is 0.471. The Balaban J connectivity index is 2.15. The molecule has 0 radical (unpaired) electrons. The van der Waals surface area contributed by atoms with Crippen LogP contribution in [0.2, 0.25) is 0 Å². The van der Waals surface area contributed by atoms with E-state index < -0.39 is 0 Å². The third-order valence-corrected chi connectivity index (χ3v) is 3.78. The second-order valence-corrected chi connectivity index (χ2v) is 6.39. The lowest BCUT2D eigenvalue weighted by Gasteiger charge is -2.20. The molecule has 1 aromatic heterocycles. The van der Waals surface area contributed by atoms with Crippen LogP contribution in [0.1, 0.15) is 43.8 Å². The van der Waals surface area contributed by atoms with Gasteiger partial charge in [0.1, 0.15) is 5.82 Å². The maximum absolute atomic E-state index is 4.44. The van der Waals surface area contributed by atoms with Gasteiger partial charge in [-0.25, -0.2) is 4.98 Å². The topological polar surface area (TPSA) is 29.9 Å².